The average Bonchev–Trinajstić information content (AvgIpc) is 3.37. The lowest BCUT2D eigenvalue weighted by atomic mass is 9.98. The number of ether oxygens (including phenoxy) is 2. The highest BCUT2D eigenvalue weighted by Crippen LogP contribution is 2.29. The van der Waals surface area contributed by atoms with Crippen LogP contribution in [0.5, 0.6) is 5.75 Å². The Bertz CT molecular complexity index is 1170. The van der Waals surface area contributed by atoms with Gasteiger partial charge in [0, 0.05) is 36.5 Å². The highest BCUT2D eigenvalue weighted by molar-refractivity contribution is 7.99. The maximum Gasteiger partial charge on any atom is 0.310 e. The molecule has 1 aliphatic heterocycles. The Morgan fingerprint density at radius 1 is 1.05 bits per heavy atom. The molecule has 0 aliphatic carbocycles. The number of likely N-dealkylation sites (tertiary alicyclic amines) is 1. The number of thioether (sulfide) groups is 1. The molecule has 0 N–H and O–H groups in total. The van der Waals surface area contributed by atoms with Crippen LogP contribution in [-0.4, -0.2) is 64.1 Å². The first kappa shape index (κ1) is 26.7. The Kier molecular flexibility index (Phi) is 9.59. The summed E-state index contributed by atoms with van der Waals surface area (Å²) in [4.78, 5) is 26.6. The maximum atomic E-state index is 12.7. The molecule has 4 rings (SSSR count). The summed E-state index contributed by atoms with van der Waals surface area (Å²) in [5.74, 6) is 2.13. The lowest BCUT2D eigenvalue weighted by Crippen LogP contribution is -2.42. The van der Waals surface area contributed by atoms with Crippen LogP contribution in [0.25, 0.3) is 17.1 Å². The highest BCUT2D eigenvalue weighted by Gasteiger charge is 2.29. The summed E-state index contributed by atoms with van der Waals surface area (Å²) in [6.45, 7) is 3.38. The van der Waals surface area contributed by atoms with Gasteiger partial charge in [0.25, 0.3) is 0 Å². The molecule has 1 aromatic heterocycles. The van der Waals surface area contributed by atoms with E-state index in [-0.39, 0.29) is 17.8 Å². The van der Waals surface area contributed by atoms with Crippen molar-refractivity contribution in [1.29, 1.82) is 0 Å². The molecule has 0 spiro atoms. The molecule has 1 atom stereocenters. The molecular weight excluding hydrogens is 488 g/mol. The summed E-state index contributed by atoms with van der Waals surface area (Å²) in [7, 11) is 1.65. The van der Waals surface area contributed by atoms with Gasteiger partial charge in [-0.2, -0.15) is 0 Å². The number of aromatic nitrogens is 3. The number of rotatable bonds is 11. The van der Waals surface area contributed by atoms with Gasteiger partial charge in [0.05, 0.1) is 19.6 Å². The number of piperidine rings is 1. The second-order valence-corrected chi connectivity index (χ2v) is 10.0. The molecule has 2 heterocycles. The maximum absolute atomic E-state index is 12.7. The zero-order valence-corrected chi connectivity index (χ0v) is 22.3. The number of amides is 1. The first-order valence-corrected chi connectivity index (χ1v) is 13.8. The topological polar surface area (TPSA) is 86.5 Å². The number of carbonyl (C=O) groups is 2. The Morgan fingerprint density at radius 3 is 2.57 bits per heavy atom. The highest BCUT2D eigenvalue weighted by atomic mass is 32.2. The van der Waals surface area contributed by atoms with Crippen LogP contribution >= 0.6 is 11.8 Å². The number of nitrogens with zero attached hydrogens (tertiary/aromatic N) is 4. The van der Waals surface area contributed by atoms with Crippen LogP contribution in [0.1, 0.15) is 39.0 Å². The molecule has 1 aliphatic rings. The number of benzene rings is 2. The average molecular weight is 523 g/mol. The third kappa shape index (κ3) is 6.91. The molecule has 0 bridgehead atoms. The monoisotopic (exact) mass is 522 g/mol. The molecule has 8 nitrogen and oxygen atoms in total. The van der Waals surface area contributed by atoms with Gasteiger partial charge >= 0.3 is 5.97 Å². The molecule has 196 valence electrons. The normalized spacial score (nSPS) is 15.4. The van der Waals surface area contributed by atoms with E-state index in [1.165, 1.54) is 0 Å². The number of methoxy groups -OCH3 is 1. The summed E-state index contributed by atoms with van der Waals surface area (Å²) < 4.78 is 12.5. The van der Waals surface area contributed by atoms with E-state index in [4.69, 9.17) is 9.47 Å². The minimum atomic E-state index is -0.198. The molecule has 1 unspecified atom stereocenters. The third-order valence-corrected chi connectivity index (χ3v) is 7.42. The third-order valence-electron chi connectivity index (χ3n) is 6.41. The Morgan fingerprint density at radius 2 is 1.84 bits per heavy atom. The zero-order chi connectivity index (χ0) is 26.0. The van der Waals surface area contributed by atoms with Crippen molar-refractivity contribution in [2.24, 2.45) is 5.92 Å². The van der Waals surface area contributed by atoms with Gasteiger partial charge in [0.1, 0.15) is 5.75 Å². The lowest BCUT2D eigenvalue weighted by Gasteiger charge is -2.31. The fraction of sp³-hybridized carbons (Fsp3) is 0.429. The number of unbranched alkanes of at least 4 members (excludes halogenated alkanes) is 1. The van der Waals surface area contributed by atoms with Crippen molar-refractivity contribution in [3.05, 3.63) is 54.6 Å². The van der Waals surface area contributed by atoms with E-state index in [1.54, 1.807) is 18.9 Å². The van der Waals surface area contributed by atoms with Crippen LogP contribution in [0.3, 0.4) is 0 Å². The predicted octanol–water partition coefficient (Wildman–Crippen LogP) is 5.01. The van der Waals surface area contributed by atoms with Gasteiger partial charge in [-0.05, 0) is 56.9 Å². The van der Waals surface area contributed by atoms with Gasteiger partial charge in [-0.25, -0.2) is 0 Å². The molecule has 1 amide bonds. The van der Waals surface area contributed by atoms with Crippen molar-refractivity contribution in [2.75, 3.05) is 32.6 Å². The van der Waals surface area contributed by atoms with Crippen LogP contribution in [0.4, 0.5) is 0 Å². The molecule has 9 heteroatoms. The first-order valence-electron chi connectivity index (χ1n) is 12.8. The Labute approximate surface area is 222 Å². The van der Waals surface area contributed by atoms with Gasteiger partial charge in [-0.15, -0.1) is 10.2 Å². The van der Waals surface area contributed by atoms with Crippen molar-refractivity contribution in [3.8, 4) is 22.8 Å². The second kappa shape index (κ2) is 13.3. The number of carbonyl (C=O) groups excluding carboxylic acids is 2. The summed E-state index contributed by atoms with van der Waals surface area (Å²) in [6, 6.07) is 17.9. The van der Waals surface area contributed by atoms with E-state index < -0.39 is 0 Å². The molecule has 1 saturated heterocycles. The van der Waals surface area contributed by atoms with Gasteiger partial charge in [-0.1, -0.05) is 42.1 Å². The second-order valence-electron chi connectivity index (χ2n) is 8.94. The van der Waals surface area contributed by atoms with Crippen LogP contribution in [-0.2, 0) is 14.3 Å². The number of esters is 1. The predicted molar refractivity (Wildman–Crippen MR) is 144 cm³/mol. The van der Waals surface area contributed by atoms with Gasteiger partial charge < -0.3 is 14.4 Å². The molecule has 0 radical (unpaired) electrons. The van der Waals surface area contributed by atoms with E-state index in [1.807, 2.05) is 66.4 Å². The van der Waals surface area contributed by atoms with Crippen molar-refractivity contribution >= 4 is 23.6 Å². The molecule has 3 aromatic rings. The number of hydrogen-bond donors (Lipinski definition) is 0. The van der Waals surface area contributed by atoms with Crippen LogP contribution in [0.15, 0.2) is 59.8 Å². The smallest absolute Gasteiger partial charge is 0.310 e. The van der Waals surface area contributed by atoms with Crippen LogP contribution in [0.2, 0.25) is 0 Å². The Hall–Kier alpha value is -3.33. The SMILES string of the molecule is CCOC(=O)C1CCCN(C(=O)CCCCSc2nnc(-c3ccccc3)n2-c2ccc(OC)cc2)C1. The first-order chi connectivity index (χ1) is 18.1. The van der Waals surface area contributed by atoms with Crippen molar-refractivity contribution in [2.45, 2.75) is 44.2 Å². The van der Waals surface area contributed by atoms with Crippen molar-refractivity contribution in [3.63, 3.8) is 0 Å². The quantitative estimate of drug-likeness (QED) is 0.199. The minimum absolute atomic E-state index is 0.117. The van der Waals surface area contributed by atoms with Crippen LogP contribution < -0.4 is 4.74 Å². The van der Waals surface area contributed by atoms with Crippen molar-refractivity contribution in [1.82, 2.24) is 19.7 Å². The fourth-order valence-corrected chi connectivity index (χ4v) is 5.41. The van der Waals surface area contributed by atoms with E-state index in [0.29, 0.717) is 19.6 Å². The Balaban J connectivity index is 1.34. The summed E-state index contributed by atoms with van der Waals surface area (Å²) in [5, 5.41) is 9.78. The minimum Gasteiger partial charge on any atom is -0.497 e. The largest absolute Gasteiger partial charge is 0.497 e. The summed E-state index contributed by atoms with van der Waals surface area (Å²) in [5.41, 5.74) is 1.95. The van der Waals surface area contributed by atoms with Crippen molar-refractivity contribution < 1.29 is 19.1 Å². The van der Waals surface area contributed by atoms with Gasteiger partial charge in [0.15, 0.2) is 11.0 Å². The zero-order valence-electron chi connectivity index (χ0n) is 21.5. The van der Waals surface area contributed by atoms with Crippen LogP contribution in [0, 0.1) is 5.92 Å². The molecule has 1 fully saturated rings. The summed E-state index contributed by atoms with van der Waals surface area (Å²) >= 11 is 1.64. The van der Waals surface area contributed by atoms with E-state index >= 15 is 0 Å². The van der Waals surface area contributed by atoms with E-state index in [2.05, 4.69) is 14.8 Å². The standard InChI is InChI=1S/C28H34N4O4S/c1-3-36-27(34)22-12-9-18-31(20-22)25(33)13-7-8-19-37-28-30-29-26(21-10-5-4-6-11-21)32(28)23-14-16-24(35-2)17-15-23/h4-6,10-11,14-17,22H,3,7-9,12-13,18-20H2,1-2H3. The molecule has 37 heavy (non-hydrogen) atoms. The molecule has 0 saturated carbocycles. The molecular formula is C28H34N4O4S. The summed E-state index contributed by atoms with van der Waals surface area (Å²) in [6.07, 6.45) is 3.78. The lowest BCUT2D eigenvalue weighted by molar-refractivity contribution is -0.151. The fourth-order valence-electron chi connectivity index (χ4n) is 4.46. The van der Waals surface area contributed by atoms with E-state index in [0.717, 1.165) is 66.0 Å². The molecule has 2 aromatic carbocycles. The van der Waals surface area contributed by atoms with E-state index in [9.17, 15) is 9.59 Å². The number of hydrogen-bond acceptors (Lipinski definition) is 7. The van der Waals surface area contributed by atoms with Gasteiger partial charge in [-0.3, -0.25) is 14.2 Å². The van der Waals surface area contributed by atoms with Gasteiger partial charge in [0.2, 0.25) is 5.91 Å².